The van der Waals surface area contributed by atoms with Crippen LogP contribution in [-0.4, -0.2) is 19.5 Å². The Kier molecular flexibility index (Phi) is 6.05. The van der Waals surface area contributed by atoms with Crippen molar-refractivity contribution in [1.29, 1.82) is 0 Å². The largest absolute Gasteiger partial charge is 0.456 e. The molecule has 5 nitrogen and oxygen atoms in total. The van der Waals surface area contributed by atoms with E-state index in [9.17, 15) is 0 Å². The summed E-state index contributed by atoms with van der Waals surface area (Å²) in [6.45, 7) is 0. The molecule has 0 aliphatic rings. The van der Waals surface area contributed by atoms with Gasteiger partial charge in [0.2, 0.25) is 0 Å². The van der Waals surface area contributed by atoms with E-state index in [2.05, 4.69) is 132 Å². The van der Waals surface area contributed by atoms with Crippen molar-refractivity contribution in [1.82, 2.24) is 19.5 Å². The summed E-state index contributed by atoms with van der Waals surface area (Å²) in [6.07, 6.45) is 0. The van der Waals surface area contributed by atoms with Crippen molar-refractivity contribution in [3.8, 4) is 39.9 Å². The van der Waals surface area contributed by atoms with Crippen LogP contribution in [0.1, 0.15) is 0 Å². The second kappa shape index (κ2) is 10.9. The SMILES string of the molecule is c1ccc(-n2c3ccccc3c3cc(-c4nc(-c5cccc6c5sc5ccccc56)nc(-c5cccc6oc7ccccc7c56)n4)ccc32)cc1. The van der Waals surface area contributed by atoms with Crippen LogP contribution in [-0.2, 0) is 0 Å². The molecule has 0 amide bonds. The minimum absolute atomic E-state index is 0.608. The average molecular weight is 671 g/mol. The van der Waals surface area contributed by atoms with Crippen LogP contribution in [0.2, 0.25) is 0 Å². The molecule has 0 fully saturated rings. The molecule has 0 saturated carbocycles. The van der Waals surface area contributed by atoms with Gasteiger partial charge in [0.25, 0.3) is 0 Å². The Labute approximate surface area is 295 Å². The van der Waals surface area contributed by atoms with Gasteiger partial charge in [-0.15, -0.1) is 11.3 Å². The zero-order chi connectivity index (χ0) is 33.5. The maximum atomic E-state index is 6.29. The van der Waals surface area contributed by atoms with Gasteiger partial charge in [0.1, 0.15) is 11.2 Å². The molecule has 0 saturated heterocycles. The molecule has 0 unspecified atom stereocenters. The Balaban J connectivity index is 1.19. The normalized spacial score (nSPS) is 11.9. The topological polar surface area (TPSA) is 56.7 Å². The van der Waals surface area contributed by atoms with Crippen molar-refractivity contribution in [2.75, 3.05) is 0 Å². The van der Waals surface area contributed by atoms with Crippen LogP contribution < -0.4 is 0 Å². The van der Waals surface area contributed by atoms with Crippen LogP contribution in [0.25, 0.3) is 104 Å². The van der Waals surface area contributed by atoms with Gasteiger partial charge in [-0.2, -0.15) is 0 Å². The number of nitrogens with zero attached hydrogens (tertiary/aromatic N) is 4. The number of benzene rings is 7. The van der Waals surface area contributed by atoms with E-state index in [1.54, 1.807) is 11.3 Å². The maximum absolute atomic E-state index is 6.29. The molecule has 51 heavy (non-hydrogen) atoms. The van der Waals surface area contributed by atoms with Crippen LogP contribution >= 0.6 is 11.3 Å². The van der Waals surface area contributed by atoms with Gasteiger partial charge in [-0.05, 0) is 60.7 Å². The summed E-state index contributed by atoms with van der Waals surface area (Å²) < 4.78 is 11.0. The highest BCUT2D eigenvalue weighted by Crippen LogP contribution is 2.41. The Morgan fingerprint density at radius 1 is 0.451 bits per heavy atom. The highest BCUT2D eigenvalue weighted by atomic mass is 32.1. The first-order valence-corrected chi connectivity index (χ1v) is 17.8. The third-order valence-corrected chi connectivity index (χ3v) is 11.1. The summed E-state index contributed by atoms with van der Waals surface area (Å²) in [7, 11) is 0. The molecular weight excluding hydrogens is 645 g/mol. The smallest absolute Gasteiger partial charge is 0.165 e. The highest BCUT2D eigenvalue weighted by Gasteiger charge is 2.21. The number of aromatic nitrogens is 4. The molecule has 4 heterocycles. The van der Waals surface area contributed by atoms with E-state index >= 15 is 0 Å². The quantitative estimate of drug-likeness (QED) is 0.187. The van der Waals surface area contributed by atoms with Crippen LogP contribution in [0.4, 0.5) is 0 Å². The predicted molar refractivity (Wildman–Crippen MR) is 211 cm³/mol. The minimum Gasteiger partial charge on any atom is -0.456 e. The van der Waals surface area contributed by atoms with E-state index < -0.39 is 0 Å². The summed E-state index contributed by atoms with van der Waals surface area (Å²) in [5, 5.41) is 6.80. The van der Waals surface area contributed by atoms with Gasteiger partial charge < -0.3 is 8.98 Å². The van der Waals surface area contributed by atoms with E-state index in [1.165, 1.54) is 20.9 Å². The first-order chi connectivity index (χ1) is 25.3. The summed E-state index contributed by atoms with van der Waals surface area (Å²) in [5.41, 5.74) is 7.88. The molecular formula is C45H26N4OS. The van der Waals surface area contributed by atoms with Gasteiger partial charge in [0.05, 0.1) is 11.0 Å². The zero-order valence-corrected chi connectivity index (χ0v) is 27.9. The van der Waals surface area contributed by atoms with Gasteiger partial charge in [-0.1, -0.05) is 97.1 Å². The number of hydrogen-bond acceptors (Lipinski definition) is 5. The monoisotopic (exact) mass is 670 g/mol. The van der Waals surface area contributed by atoms with Gasteiger partial charge in [-0.3, -0.25) is 0 Å². The second-order valence-corrected chi connectivity index (χ2v) is 13.8. The molecule has 0 aliphatic carbocycles. The van der Waals surface area contributed by atoms with E-state index in [0.717, 1.165) is 65.4 Å². The lowest BCUT2D eigenvalue weighted by Gasteiger charge is -2.11. The van der Waals surface area contributed by atoms with E-state index in [-0.39, 0.29) is 0 Å². The Morgan fingerprint density at radius 2 is 1.10 bits per heavy atom. The van der Waals surface area contributed by atoms with Crippen molar-refractivity contribution >= 4 is 75.3 Å². The second-order valence-electron chi connectivity index (χ2n) is 12.8. The van der Waals surface area contributed by atoms with Crippen LogP contribution in [0, 0.1) is 0 Å². The maximum Gasteiger partial charge on any atom is 0.165 e. The van der Waals surface area contributed by atoms with Crippen molar-refractivity contribution in [2.24, 2.45) is 0 Å². The third-order valence-electron chi connectivity index (χ3n) is 9.87. The van der Waals surface area contributed by atoms with Gasteiger partial charge >= 0.3 is 0 Å². The Hall–Kier alpha value is -6.63. The number of furan rings is 1. The van der Waals surface area contributed by atoms with E-state index in [0.29, 0.717) is 17.5 Å². The summed E-state index contributed by atoms with van der Waals surface area (Å²) in [4.78, 5) is 15.8. The highest BCUT2D eigenvalue weighted by molar-refractivity contribution is 7.26. The fraction of sp³-hybridized carbons (Fsp3) is 0. The number of rotatable bonds is 4. The number of para-hydroxylation sites is 3. The fourth-order valence-corrected chi connectivity index (χ4v) is 8.81. The average Bonchev–Trinajstić information content (AvgIpc) is 3.87. The van der Waals surface area contributed by atoms with Crippen molar-refractivity contribution in [3.63, 3.8) is 0 Å². The molecule has 238 valence electrons. The van der Waals surface area contributed by atoms with Gasteiger partial charge in [-0.25, -0.2) is 15.0 Å². The first-order valence-electron chi connectivity index (χ1n) is 16.9. The molecule has 0 spiro atoms. The van der Waals surface area contributed by atoms with E-state index in [4.69, 9.17) is 19.4 Å². The van der Waals surface area contributed by atoms with Gasteiger partial charge in [0, 0.05) is 64.1 Å². The molecule has 0 aliphatic heterocycles. The Morgan fingerprint density at radius 3 is 2.00 bits per heavy atom. The van der Waals surface area contributed by atoms with Crippen molar-refractivity contribution in [2.45, 2.75) is 0 Å². The molecule has 0 radical (unpaired) electrons. The lowest BCUT2D eigenvalue weighted by atomic mass is 10.0. The predicted octanol–water partition coefficient (Wildman–Crippen LogP) is 12.2. The minimum atomic E-state index is 0.608. The lowest BCUT2D eigenvalue weighted by molar-refractivity contribution is 0.669. The molecule has 11 rings (SSSR count). The molecule has 11 aromatic rings. The van der Waals surface area contributed by atoms with Gasteiger partial charge in [0.15, 0.2) is 17.5 Å². The summed E-state index contributed by atoms with van der Waals surface area (Å²) in [6, 6.07) is 54.9. The molecule has 0 atom stereocenters. The van der Waals surface area contributed by atoms with Crippen molar-refractivity contribution < 1.29 is 4.42 Å². The third kappa shape index (κ3) is 4.30. The first kappa shape index (κ1) is 28.2. The van der Waals surface area contributed by atoms with Crippen molar-refractivity contribution in [3.05, 3.63) is 158 Å². The zero-order valence-electron chi connectivity index (χ0n) is 27.1. The number of thiophene rings is 1. The van der Waals surface area contributed by atoms with Crippen LogP contribution in [0.15, 0.2) is 162 Å². The molecule has 0 bridgehead atoms. The van der Waals surface area contributed by atoms with Crippen LogP contribution in [0.3, 0.4) is 0 Å². The molecule has 4 aromatic heterocycles. The lowest BCUT2D eigenvalue weighted by Crippen LogP contribution is -2.00. The summed E-state index contributed by atoms with van der Waals surface area (Å²) >= 11 is 1.78. The standard InChI is InChI=1S/C45H26N4OS/c1-2-12-28(13-3-1)49-36-20-7-4-14-29(36)35-26-27(24-25-37(35)49)43-46-44(33-18-11-22-39-41(33)32-16-5-8-21-38(32)50-39)48-45(47-43)34-19-10-17-31-30-15-6-9-23-40(30)51-42(31)34/h1-26H. The van der Waals surface area contributed by atoms with E-state index in [1.807, 2.05) is 30.3 Å². The fourth-order valence-electron chi connectivity index (χ4n) is 7.60. The summed E-state index contributed by atoms with van der Waals surface area (Å²) in [5.74, 6) is 1.87. The Bertz CT molecular complexity index is 3150. The molecule has 6 heteroatoms. The van der Waals surface area contributed by atoms with Crippen LogP contribution in [0.5, 0.6) is 0 Å². The number of fused-ring (bicyclic) bond motifs is 9. The molecule has 0 N–H and O–H groups in total. The number of hydrogen-bond donors (Lipinski definition) is 0. The molecule has 7 aromatic carbocycles.